The number of nitrogens with one attached hydrogen (secondary N) is 2. The molecular weight excluding hydrogens is 458 g/mol. The van der Waals surface area contributed by atoms with E-state index in [1.165, 1.54) is 23.1 Å². The van der Waals surface area contributed by atoms with Crippen LogP contribution in [0.15, 0.2) is 51.3 Å². The highest BCUT2D eigenvalue weighted by Gasteiger charge is 2.12. The number of nitrogens with zero attached hydrogens (tertiary/aromatic N) is 1. The summed E-state index contributed by atoms with van der Waals surface area (Å²) in [4.78, 5) is 28.9. The Morgan fingerprint density at radius 1 is 1.21 bits per heavy atom. The second-order valence-electron chi connectivity index (χ2n) is 6.09. The lowest BCUT2D eigenvalue weighted by Crippen LogP contribution is -2.25. The summed E-state index contributed by atoms with van der Waals surface area (Å²) in [6.45, 7) is 2.81. The number of unbranched alkanes of at least 4 members (excludes halogenated alkanes) is 1. The molecule has 1 aromatic heterocycles. The molecule has 0 aliphatic rings. The monoisotopic (exact) mass is 477 g/mol. The van der Waals surface area contributed by atoms with Gasteiger partial charge in [0.25, 0.3) is 5.91 Å². The van der Waals surface area contributed by atoms with Gasteiger partial charge in [0.05, 0.1) is 21.5 Å². The SMILES string of the molecule is CCCCNC(=O)CSc1nc2ccc(NC(=O)c3ccccc3Br)cc2s1. The largest absolute Gasteiger partial charge is 0.355 e. The fraction of sp³-hybridized carbons (Fsp3) is 0.250. The first-order chi connectivity index (χ1) is 13.6. The summed E-state index contributed by atoms with van der Waals surface area (Å²) in [5.41, 5.74) is 2.15. The summed E-state index contributed by atoms with van der Waals surface area (Å²) in [5.74, 6) is 0.212. The number of rotatable bonds is 8. The third kappa shape index (κ3) is 5.56. The number of hydrogen-bond donors (Lipinski definition) is 2. The lowest BCUT2D eigenvalue weighted by atomic mass is 10.2. The Kier molecular flexibility index (Phi) is 7.47. The van der Waals surface area contributed by atoms with Crippen LogP contribution in [-0.2, 0) is 4.79 Å². The summed E-state index contributed by atoms with van der Waals surface area (Å²) in [6, 6.07) is 12.9. The van der Waals surface area contributed by atoms with Crippen molar-refractivity contribution in [1.29, 1.82) is 0 Å². The van der Waals surface area contributed by atoms with Crippen LogP contribution in [0.5, 0.6) is 0 Å². The molecule has 0 radical (unpaired) electrons. The Labute approximate surface area is 180 Å². The van der Waals surface area contributed by atoms with Crippen LogP contribution in [0.4, 0.5) is 5.69 Å². The number of carbonyl (C=O) groups is 2. The van der Waals surface area contributed by atoms with Crippen molar-refractivity contribution in [3.8, 4) is 0 Å². The maximum atomic E-state index is 12.5. The minimum absolute atomic E-state index is 0.0269. The third-order valence-corrected chi connectivity index (χ3v) is 6.78. The molecule has 0 atom stereocenters. The number of benzene rings is 2. The van der Waals surface area contributed by atoms with E-state index in [-0.39, 0.29) is 11.8 Å². The highest BCUT2D eigenvalue weighted by Crippen LogP contribution is 2.31. The van der Waals surface area contributed by atoms with E-state index in [0.29, 0.717) is 17.0 Å². The number of thioether (sulfide) groups is 1. The van der Waals surface area contributed by atoms with Crippen molar-refractivity contribution in [2.24, 2.45) is 0 Å². The quantitative estimate of drug-likeness (QED) is 0.340. The van der Waals surface area contributed by atoms with Crippen LogP contribution in [0, 0.1) is 0 Å². The van der Waals surface area contributed by atoms with Crippen molar-refractivity contribution >= 4 is 66.7 Å². The van der Waals surface area contributed by atoms with Gasteiger partial charge in [-0.3, -0.25) is 9.59 Å². The molecule has 0 aliphatic carbocycles. The van der Waals surface area contributed by atoms with Gasteiger partial charge in [0.15, 0.2) is 4.34 Å². The van der Waals surface area contributed by atoms with E-state index in [1.54, 1.807) is 6.07 Å². The van der Waals surface area contributed by atoms with Crippen molar-refractivity contribution < 1.29 is 9.59 Å². The molecule has 0 spiro atoms. The summed E-state index contributed by atoms with van der Waals surface area (Å²) >= 11 is 6.35. The van der Waals surface area contributed by atoms with Crippen molar-refractivity contribution in [1.82, 2.24) is 10.3 Å². The molecule has 28 heavy (non-hydrogen) atoms. The zero-order valence-corrected chi connectivity index (χ0v) is 18.5. The number of fused-ring (bicyclic) bond motifs is 1. The lowest BCUT2D eigenvalue weighted by Gasteiger charge is -2.06. The van der Waals surface area contributed by atoms with Crippen LogP contribution < -0.4 is 10.6 Å². The maximum Gasteiger partial charge on any atom is 0.256 e. The normalized spacial score (nSPS) is 10.8. The second-order valence-corrected chi connectivity index (χ2v) is 9.20. The number of amides is 2. The number of thiazole rings is 1. The standard InChI is InChI=1S/C20H20BrN3O2S2/c1-2-3-10-22-18(25)12-27-20-24-16-9-8-13(11-17(16)28-20)23-19(26)14-6-4-5-7-15(14)21/h4-9,11H,2-3,10,12H2,1H3,(H,22,25)(H,23,26). The van der Waals surface area contributed by atoms with E-state index in [9.17, 15) is 9.59 Å². The molecule has 1 heterocycles. The predicted octanol–water partition coefficient (Wildman–Crippen LogP) is 5.32. The average molecular weight is 478 g/mol. The molecule has 3 aromatic rings. The number of anilines is 1. The topological polar surface area (TPSA) is 71.1 Å². The van der Waals surface area contributed by atoms with Gasteiger partial charge in [-0.2, -0.15) is 0 Å². The number of hydrogen-bond acceptors (Lipinski definition) is 5. The Balaban J connectivity index is 1.63. The molecule has 0 saturated heterocycles. The van der Waals surface area contributed by atoms with E-state index in [4.69, 9.17) is 0 Å². The fourth-order valence-electron chi connectivity index (χ4n) is 2.47. The third-order valence-electron chi connectivity index (χ3n) is 3.92. The molecule has 3 rings (SSSR count). The second kappa shape index (κ2) is 10.0. The number of aromatic nitrogens is 1. The summed E-state index contributed by atoms with van der Waals surface area (Å²) in [7, 11) is 0. The first-order valence-electron chi connectivity index (χ1n) is 8.93. The van der Waals surface area contributed by atoms with Gasteiger partial charge in [-0.15, -0.1) is 11.3 Å². The molecule has 2 aromatic carbocycles. The lowest BCUT2D eigenvalue weighted by molar-refractivity contribution is -0.118. The highest BCUT2D eigenvalue weighted by molar-refractivity contribution is 9.10. The summed E-state index contributed by atoms with van der Waals surface area (Å²) < 4.78 is 2.57. The molecule has 0 saturated carbocycles. The van der Waals surface area contributed by atoms with E-state index in [0.717, 1.165) is 38.4 Å². The van der Waals surface area contributed by atoms with Crippen molar-refractivity contribution in [3.63, 3.8) is 0 Å². The van der Waals surface area contributed by atoms with Crippen LogP contribution in [0.3, 0.4) is 0 Å². The van der Waals surface area contributed by atoms with E-state index in [2.05, 4.69) is 38.5 Å². The highest BCUT2D eigenvalue weighted by atomic mass is 79.9. The van der Waals surface area contributed by atoms with Crippen LogP contribution >= 0.6 is 39.0 Å². The van der Waals surface area contributed by atoms with Gasteiger partial charge in [0, 0.05) is 16.7 Å². The van der Waals surface area contributed by atoms with E-state index >= 15 is 0 Å². The Morgan fingerprint density at radius 2 is 2.04 bits per heavy atom. The van der Waals surface area contributed by atoms with Crippen LogP contribution in [0.1, 0.15) is 30.1 Å². The first-order valence-corrected chi connectivity index (χ1v) is 11.5. The number of carbonyl (C=O) groups excluding carboxylic acids is 2. The molecule has 2 amide bonds. The smallest absolute Gasteiger partial charge is 0.256 e. The van der Waals surface area contributed by atoms with Crippen molar-refractivity contribution in [3.05, 3.63) is 52.5 Å². The van der Waals surface area contributed by atoms with Crippen LogP contribution in [-0.4, -0.2) is 29.1 Å². The van der Waals surface area contributed by atoms with Gasteiger partial charge in [0.1, 0.15) is 0 Å². The number of halogens is 1. The van der Waals surface area contributed by atoms with Gasteiger partial charge >= 0.3 is 0 Å². The average Bonchev–Trinajstić information content (AvgIpc) is 3.09. The molecule has 8 heteroatoms. The Hall–Kier alpha value is -1.90. The van der Waals surface area contributed by atoms with Gasteiger partial charge in [-0.05, 0) is 52.7 Å². The van der Waals surface area contributed by atoms with Crippen LogP contribution in [0.25, 0.3) is 10.2 Å². The maximum absolute atomic E-state index is 12.5. The summed E-state index contributed by atoms with van der Waals surface area (Å²) in [6.07, 6.45) is 2.05. The molecular formula is C20H20BrN3O2S2. The zero-order valence-electron chi connectivity index (χ0n) is 15.3. The van der Waals surface area contributed by atoms with E-state index in [1.807, 2.05) is 36.4 Å². The minimum Gasteiger partial charge on any atom is -0.355 e. The molecule has 0 bridgehead atoms. The Bertz CT molecular complexity index is 990. The van der Waals surface area contributed by atoms with Gasteiger partial charge in [0.2, 0.25) is 5.91 Å². The minimum atomic E-state index is -0.172. The van der Waals surface area contributed by atoms with Crippen molar-refractivity contribution in [2.75, 3.05) is 17.6 Å². The van der Waals surface area contributed by atoms with Crippen molar-refractivity contribution in [2.45, 2.75) is 24.1 Å². The van der Waals surface area contributed by atoms with Gasteiger partial charge < -0.3 is 10.6 Å². The Morgan fingerprint density at radius 3 is 2.82 bits per heavy atom. The molecule has 146 valence electrons. The van der Waals surface area contributed by atoms with Crippen LogP contribution in [0.2, 0.25) is 0 Å². The van der Waals surface area contributed by atoms with Gasteiger partial charge in [-0.1, -0.05) is 37.2 Å². The van der Waals surface area contributed by atoms with Gasteiger partial charge in [-0.25, -0.2) is 4.98 Å². The molecule has 0 unspecified atom stereocenters. The predicted molar refractivity (Wildman–Crippen MR) is 120 cm³/mol. The molecule has 0 fully saturated rings. The first kappa shape index (κ1) is 20.8. The molecule has 2 N–H and O–H groups in total. The zero-order chi connectivity index (χ0) is 19.9. The van der Waals surface area contributed by atoms with E-state index < -0.39 is 0 Å². The molecule has 0 aliphatic heterocycles. The molecule has 5 nitrogen and oxygen atoms in total. The summed E-state index contributed by atoms with van der Waals surface area (Å²) in [5, 5.41) is 5.82. The fourth-order valence-corrected chi connectivity index (χ4v) is 4.87.